The van der Waals surface area contributed by atoms with Crippen LogP contribution in [0.5, 0.6) is 0 Å². The van der Waals surface area contributed by atoms with E-state index < -0.39 is 10.0 Å². The van der Waals surface area contributed by atoms with E-state index in [4.69, 9.17) is 14.7 Å². The molecule has 1 rings (SSSR count). The summed E-state index contributed by atoms with van der Waals surface area (Å²) >= 11 is 0. The Morgan fingerprint density at radius 3 is 2.65 bits per heavy atom. The lowest BCUT2D eigenvalue weighted by Crippen LogP contribution is -2.36. The van der Waals surface area contributed by atoms with E-state index in [0.29, 0.717) is 17.7 Å². The molecule has 1 aromatic carbocycles. The number of hydrogen-bond acceptors (Lipinski definition) is 5. The van der Waals surface area contributed by atoms with Gasteiger partial charge in [-0.25, -0.2) is 13.1 Å². The fourth-order valence-corrected chi connectivity index (χ4v) is 2.83. The molecule has 0 aromatic heterocycles. The Bertz CT molecular complexity index is 566. The highest BCUT2D eigenvalue weighted by molar-refractivity contribution is 7.88. The van der Waals surface area contributed by atoms with E-state index in [1.165, 1.54) is 14.2 Å². The van der Waals surface area contributed by atoms with Gasteiger partial charge >= 0.3 is 0 Å². The molecule has 0 fully saturated rings. The van der Waals surface area contributed by atoms with Gasteiger partial charge in [-0.15, -0.1) is 0 Å². The van der Waals surface area contributed by atoms with Crippen LogP contribution in [-0.4, -0.2) is 41.9 Å². The Labute approximate surface area is 119 Å². The van der Waals surface area contributed by atoms with Crippen molar-refractivity contribution in [3.8, 4) is 6.07 Å². The van der Waals surface area contributed by atoms with E-state index in [0.717, 1.165) is 0 Å². The van der Waals surface area contributed by atoms with Crippen molar-refractivity contribution in [1.29, 1.82) is 5.26 Å². The minimum absolute atomic E-state index is 0.126. The Hall–Kier alpha value is -1.46. The molecule has 1 unspecified atom stereocenters. The molecule has 0 spiro atoms. The minimum Gasteiger partial charge on any atom is -0.382 e. The molecular formula is C13H18N2O4S. The molecule has 7 heteroatoms. The van der Waals surface area contributed by atoms with Gasteiger partial charge in [0.1, 0.15) is 0 Å². The zero-order chi connectivity index (χ0) is 15.0. The number of nitrogens with one attached hydrogen (secondary N) is 1. The monoisotopic (exact) mass is 298 g/mol. The number of nitriles is 1. The van der Waals surface area contributed by atoms with Gasteiger partial charge in [-0.2, -0.15) is 5.26 Å². The zero-order valence-electron chi connectivity index (χ0n) is 11.5. The molecule has 6 nitrogen and oxygen atoms in total. The molecule has 0 saturated carbocycles. The van der Waals surface area contributed by atoms with Crippen molar-refractivity contribution in [3.63, 3.8) is 0 Å². The van der Waals surface area contributed by atoms with Crippen LogP contribution < -0.4 is 4.72 Å². The predicted octanol–water partition coefficient (Wildman–Crippen LogP) is 0.639. The molecule has 0 amide bonds. The van der Waals surface area contributed by atoms with Crippen LogP contribution in [0.25, 0.3) is 0 Å². The number of nitrogens with zero attached hydrogens (tertiary/aromatic N) is 1. The number of ether oxygens (including phenoxy) is 2. The highest BCUT2D eigenvalue weighted by Gasteiger charge is 2.16. The van der Waals surface area contributed by atoms with Crippen molar-refractivity contribution in [1.82, 2.24) is 4.72 Å². The third-order valence-electron chi connectivity index (χ3n) is 2.70. The Morgan fingerprint density at radius 1 is 1.35 bits per heavy atom. The standard InChI is InChI=1S/C13H18N2O4S/c1-18-9-13(19-2)8-15-20(16,17)10-12-6-4-3-5-11(12)7-14/h3-6,13,15H,8-10H2,1-2H3. The second-order valence-corrected chi connectivity index (χ2v) is 6.00. The Balaban J connectivity index is 2.68. The van der Waals surface area contributed by atoms with E-state index in [-0.39, 0.29) is 18.4 Å². The van der Waals surface area contributed by atoms with Crippen LogP contribution in [-0.2, 0) is 25.2 Å². The summed E-state index contributed by atoms with van der Waals surface area (Å²) in [5.41, 5.74) is 0.835. The summed E-state index contributed by atoms with van der Waals surface area (Å²) in [5, 5.41) is 8.94. The molecule has 0 aliphatic carbocycles. The topological polar surface area (TPSA) is 88.4 Å². The number of hydrogen-bond donors (Lipinski definition) is 1. The maximum absolute atomic E-state index is 12.0. The number of methoxy groups -OCH3 is 2. The molecule has 0 bridgehead atoms. The van der Waals surface area contributed by atoms with Crippen molar-refractivity contribution in [2.45, 2.75) is 11.9 Å². The summed E-state index contributed by atoms with van der Waals surface area (Å²) in [6, 6.07) is 8.59. The van der Waals surface area contributed by atoms with Gasteiger partial charge in [-0.05, 0) is 11.6 Å². The highest BCUT2D eigenvalue weighted by Crippen LogP contribution is 2.10. The number of benzene rings is 1. The van der Waals surface area contributed by atoms with Crippen molar-refractivity contribution in [2.24, 2.45) is 0 Å². The van der Waals surface area contributed by atoms with Crippen molar-refractivity contribution < 1.29 is 17.9 Å². The fraction of sp³-hybridized carbons (Fsp3) is 0.462. The third-order valence-corrected chi connectivity index (χ3v) is 4.00. The van der Waals surface area contributed by atoms with Crippen LogP contribution in [0.4, 0.5) is 0 Å². The van der Waals surface area contributed by atoms with Crippen molar-refractivity contribution in [3.05, 3.63) is 35.4 Å². The van der Waals surface area contributed by atoms with E-state index in [1.54, 1.807) is 24.3 Å². The normalized spacial score (nSPS) is 12.8. The van der Waals surface area contributed by atoms with Gasteiger partial charge in [-0.1, -0.05) is 18.2 Å². The molecule has 1 N–H and O–H groups in total. The average molecular weight is 298 g/mol. The molecule has 0 aliphatic rings. The maximum Gasteiger partial charge on any atom is 0.215 e. The van der Waals surface area contributed by atoms with Gasteiger partial charge in [0.15, 0.2) is 0 Å². The van der Waals surface area contributed by atoms with E-state index >= 15 is 0 Å². The van der Waals surface area contributed by atoms with Crippen LogP contribution in [0, 0.1) is 11.3 Å². The lowest BCUT2D eigenvalue weighted by Gasteiger charge is -2.15. The summed E-state index contributed by atoms with van der Waals surface area (Å²) < 4.78 is 36.4. The molecule has 110 valence electrons. The van der Waals surface area contributed by atoms with Gasteiger partial charge < -0.3 is 9.47 Å². The quantitative estimate of drug-likeness (QED) is 0.761. The summed E-state index contributed by atoms with van der Waals surface area (Å²) in [6.45, 7) is 0.426. The van der Waals surface area contributed by atoms with Gasteiger partial charge in [0.25, 0.3) is 0 Å². The third kappa shape index (κ3) is 5.27. The molecule has 1 aromatic rings. The van der Waals surface area contributed by atoms with Gasteiger partial charge in [-0.3, -0.25) is 0 Å². The van der Waals surface area contributed by atoms with Gasteiger partial charge in [0.05, 0.1) is 30.1 Å². The van der Waals surface area contributed by atoms with Gasteiger partial charge in [0.2, 0.25) is 10.0 Å². The number of sulfonamides is 1. The Kier molecular flexibility index (Phi) is 6.61. The van der Waals surface area contributed by atoms with E-state index in [1.807, 2.05) is 6.07 Å². The van der Waals surface area contributed by atoms with Crippen molar-refractivity contribution >= 4 is 10.0 Å². The zero-order valence-corrected chi connectivity index (χ0v) is 12.3. The summed E-state index contributed by atoms with van der Waals surface area (Å²) in [4.78, 5) is 0. The fourth-order valence-electron chi connectivity index (χ4n) is 1.63. The van der Waals surface area contributed by atoms with Gasteiger partial charge in [0, 0.05) is 20.8 Å². The SMILES string of the molecule is COCC(CNS(=O)(=O)Cc1ccccc1C#N)OC. The maximum atomic E-state index is 12.0. The predicted molar refractivity (Wildman–Crippen MR) is 74.5 cm³/mol. The number of rotatable bonds is 8. The van der Waals surface area contributed by atoms with E-state index in [2.05, 4.69) is 4.72 Å². The van der Waals surface area contributed by atoms with Crippen LogP contribution in [0.1, 0.15) is 11.1 Å². The smallest absolute Gasteiger partial charge is 0.215 e. The van der Waals surface area contributed by atoms with Crippen molar-refractivity contribution in [2.75, 3.05) is 27.4 Å². The largest absolute Gasteiger partial charge is 0.382 e. The second-order valence-electron chi connectivity index (χ2n) is 4.19. The highest BCUT2D eigenvalue weighted by atomic mass is 32.2. The second kappa shape index (κ2) is 7.97. The molecule has 1 atom stereocenters. The first-order valence-electron chi connectivity index (χ1n) is 5.99. The lowest BCUT2D eigenvalue weighted by atomic mass is 10.1. The van der Waals surface area contributed by atoms with Crippen LogP contribution >= 0.6 is 0 Å². The molecule has 0 saturated heterocycles. The molecule has 0 aliphatic heterocycles. The first kappa shape index (κ1) is 16.6. The summed E-state index contributed by atoms with van der Waals surface area (Å²) in [6.07, 6.45) is -0.346. The lowest BCUT2D eigenvalue weighted by molar-refractivity contribution is 0.0320. The van der Waals surface area contributed by atoms with Crippen LogP contribution in [0.3, 0.4) is 0 Å². The summed E-state index contributed by atoms with van der Waals surface area (Å²) in [5.74, 6) is -0.236. The molecular weight excluding hydrogens is 280 g/mol. The van der Waals surface area contributed by atoms with E-state index in [9.17, 15) is 8.42 Å². The molecule has 20 heavy (non-hydrogen) atoms. The molecule has 0 heterocycles. The summed E-state index contributed by atoms with van der Waals surface area (Å²) in [7, 11) is -0.521. The first-order valence-corrected chi connectivity index (χ1v) is 7.64. The average Bonchev–Trinajstić information content (AvgIpc) is 2.43. The van der Waals surface area contributed by atoms with Crippen LogP contribution in [0.15, 0.2) is 24.3 Å². The minimum atomic E-state index is -3.53. The Morgan fingerprint density at radius 2 is 2.05 bits per heavy atom. The molecule has 0 radical (unpaired) electrons. The van der Waals surface area contributed by atoms with Crippen LogP contribution in [0.2, 0.25) is 0 Å². The first-order chi connectivity index (χ1) is 9.52.